The minimum Gasteiger partial charge on any atom is -0.444 e. The highest BCUT2D eigenvalue weighted by atomic mass is 32.2. The lowest BCUT2D eigenvalue weighted by molar-refractivity contribution is -0.141. The van der Waals surface area contributed by atoms with Crippen molar-refractivity contribution in [2.75, 3.05) is 45.1 Å². The molecule has 0 spiro atoms. The summed E-state index contributed by atoms with van der Waals surface area (Å²) in [7, 11) is -4.00. The van der Waals surface area contributed by atoms with E-state index < -0.39 is 44.8 Å². The Labute approximate surface area is 207 Å². The molecule has 0 radical (unpaired) electrons. The Hall–Kier alpha value is -2.61. The van der Waals surface area contributed by atoms with E-state index in [9.17, 15) is 32.0 Å². The third kappa shape index (κ3) is 5.53. The Morgan fingerprint density at radius 2 is 1.89 bits per heavy atom. The average Bonchev–Trinajstić information content (AvgIpc) is 3.37. The first-order valence-corrected chi connectivity index (χ1v) is 13.4. The molecule has 0 unspecified atom stereocenters. The molecule has 0 aliphatic carbocycles. The van der Waals surface area contributed by atoms with E-state index in [1.807, 2.05) is 0 Å². The first-order chi connectivity index (χ1) is 17.1. The molecule has 1 aromatic carbocycles. The second-order valence-corrected chi connectivity index (χ2v) is 11.2. The molecule has 3 aliphatic rings. The van der Waals surface area contributed by atoms with Crippen LogP contribution in [0.4, 0.5) is 13.6 Å². The van der Waals surface area contributed by atoms with Gasteiger partial charge in [-0.05, 0) is 37.0 Å². The van der Waals surface area contributed by atoms with E-state index in [1.165, 1.54) is 17.0 Å². The van der Waals surface area contributed by atoms with Crippen molar-refractivity contribution in [3.63, 3.8) is 0 Å². The largest absolute Gasteiger partial charge is 0.444 e. The van der Waals surface area contributed by atoms with Crippen LogP contribution >= 0.6 is 0 Å². The molecule has 1 atom stereocenters. The van der Waals surface area contributed by atoms with Gasteiger partial charge < -0.3 is 14.4 Å². The molecule has 198 valence electrons. The lowest BCUT2D eigenvalue weighted by Gasteiger charge is -2.40. The van der Waals surface area contributed by atoms with Crippen molar-refractivity contribution in [3.05, 3.63) is 41.5 Å². The Morgan fingerprint density at radius 3 is 2.44 bits per heavy atom. The summed E-state index contributed by atoms with van der Waals surface area (Å²) in [5.41, 5.74) is 0.323. The van der Waals surface area contributed by atoms with Crippen molar-refractivity contribution in [1.82, 2.24) is 14.7 Å². The Balaban J connectivity index is 1.43. The lowest BCUT2D eigenvalue weighted by Crippen LogP contribution is -2.54. The number of benzene rings is 1. The van der Waals surface area contributed by atoms with Crippen molar-refractivity contribution >= 4 is 27.6 Å². The maximum absolute atomic E-state index is 14.1. The fraction of sp³-hybridized carbons (Fsp3) is 0.565. The van der Waals surface area contributed by atoms with Gasteiger partial charge in [-0.2, -0.15) is 4.31 Å². The first kappa shape index (κ1) is 26.5. The first-order valence-electron chi connectivity index (χ1n) is 11.7. The molecule has 36 heavy (non-hydrogen) atoms. The van der Waals surface area contributed by atoms with Crippen LogP contribution < -0.4 is 5.48 Å². The van der Waals surface area contributed by atoms with Gasteiger partial charge in [0.25, 0.3) is 5.91 Å². The van der Waals surface area contributed by atoms with E-state index in [0.717, 1.165) is 16.4 Å². The zero-order valence-electron chi connectivity index (χ0n) is 19.6. The summed E-state index contributed by atoms with van der Waals surface area (Å²) in [5, 5.41) is 9.33. The minimum absolute atomic E-state index is 0.00422. The van der Waals surface area contributed by atoms with Gasteiger partial charge in [0.05, 0.1) is 24.4 Å². The Morgan fingerprint density at radius 1 is 1.19 bits per heavy atom. The molecule has 2 saturated heterocycles. The van der Waals surface area contributed by atoms with Crippen molar-refractivity contribution in [1.29, 1.82) is 0 Å². The molecule has 2 amide bonds. The molecule has 3 heterocycles. The van der Waals surface area contributed by atoms with Gasteiger partial charge in [-0.1, -0.05) is 12.1 Å². The van der Waals surface area contributed by atoms with Crippen LogP contribution in [0.15, 0.2) is 24.3 Å². The number of likely N-dealkylation sites (tertiary alicyclic amines) is 1. The molecule has 10 nitrogen and oxygen atoms in total. The van der Waals surface area contributed by atoms with Crippen LogP contribution in [0.2, 0.25) is 0 Å². The van der Waals surface area contributed by atoms with Crippen LogP contribution in [0.5, 0.6) is 0 Å². The zero-order valence-corrected chi connectivity index (χ0v) is 20.4. The van der Waals surface area contributed by atoms with Gasteiger partial charge in [-0.25, -0.2) is 27.5 Å². The number of carbonyl (C=O) groups excluding carboxylic acids is 2. The second-order valence-electron chi connectivity index (χ2n) is 9.27. The summed E-state index contributed by atoms with van der Waals surface area (Å²) in [6.45, 7) is 0.866. The number of rotatable bonds is 6. The van der Waals surface area contributed by atoms with Gasteiger partial charge in [0.15, 0.2) is 0 Å². The summed E-state index contributed by atoms with van der Waals surface area (Å²) in [6.07, 6.45) is 1.28. The van der Waals surface area contributed by atoms with Gasteiger partial charge >= 0.3 is 6.09 Å². The Kier molecular flexibility index (Phi) is 7.93. The van der Waals surface area contributed by atoms with Crippen LogP contribution in [0.25, 0.3) is 5.57 Å². The fourth-order valence-corrected chi connectivity index (χ4v) is 6.84. The molecular formula is C23H29F2N3O7S. The van der Waals surface area contributed by atoms with E-state index in [-0.39, 0.29) is 57.1 Å². The quantitative estimate of drug-likeness (QED) is 0.426. The molecule has 1 aromatic rings. The van der Waals surface area contributed by atoms with Gasteiger partial charge in [0.2, 0.25) is 10.0 Å². The maximum Gasteiger partial charge on any atom is 0.410 e. The number of amides is 2. The predicted molar refractivity (Wildman–Crippen MR) is 123 cm³/mol. The van der Waals surface area contributed by atoms with Crippen LogP contribution in [-0.2, 0) is 24.3 Å². The molecule has 2 fully saturated rings. The number of halogens is 2. The number of hydroxylamine groups is 1. The number of nitrogens with zero attached hydrogens (tertiary/aromatic N) is 2. The van der Waals surface area contributed by atoms with Crippen LogP contribution in [-0.4, -0.2) is 86.1 Å². The highest BCUT2D eigenvalue weighted by molar-refractivity contribution is 7.89. The van der Waals surface area contributed by atoms with E-state index >= 15 is 0 Å². The van der Waals surface area contributed by atoms with Crippen LogP contribution in [0.3, 0.4) is 0 Å². The van der Waals surface area contributed by atoms with Crippen LogP contribution in [0.1, 0.15) is 31.2 Å². The summed E-state index contributed by atoms with van der Waals surface area (Å²) < 4.78 is 66.5. The molecule has 2 N–H and O–H groups in total. The minimum atomic E-state index is -4.00. The molecule has 13 heteroatoms. The molecule has 4 rings (SSSR count). The molecule has 0 aromatic heterocycles. The van der Waals surface area contributed by atoms with Crippen molar-refractivity contribution in [3.8, 4) is 0 Å². The number of hydrogen-bond acceptors (Lipinski definition) is 7. The predicted octanol–water partition coefficient (Wildman–Crippen LogP) is 1.90. The second kappa shape index (κ2) is 10.8. The summed E-state index contributed by atoms with van der Waals surface area (Å²) in [5.74, 6) is -2.86. The van der Waals surface area contributed by atoms with Gasteiger partial charge in [-0.3, -0.25) is 10.0 Å². The third-order valence-corrected chi connectivity index (χ3v) is 9.06. The van der Waals surface area contributed by atoms with Crippen molar-refractivity contribution in [2.24, 2.45) is 5.41 Å². The molecule has 0 saturated carbocycles. The maximum atomic E-state index is 14.1. The standard InChI is InChI=1S/C23H29F2N3O7S/c24-18-2-1-3-19(25)20(18)16-4-9-28(10-5-16)36(32,33)15-23(21(29)26-31)7-11-27(12-8-23)22(30)35-17-6-13-34-14-17/h1-4,17,31H,5-15H2,(H,26,29)/t17-/m0/s1. The SMILES string of the molecule is O=C(O[C@H]1CCOC1)N1CCC(CS(=O)(=O)N2CC=C(c3c(F)cccc3F)CC2)(C(=O)NO)CC1. The van der Waals surface area contributed by atoms with Gasteiger partial charge in [0, 0.05) is 38.2 Å². The fourth-order valence-electron chi connectivity index (χ4n) is 4.87. The Bertz CT molecular complexity index is 1110. The summed E-state index contributed by atoms with van der Waals surface area (Å²) in [6, 6.07) is 3.54. The van der Waals surface area contributed by atoms with Crippen LogP contribution in [0, 0.1) is 17.0 Å². The smallest absolute Gasteiger partial charge is 0.410 e. The average molecular weight is 530 g/mol. The van der Waals surface area contributed by atoms with Crippen molar-refractivity contribution < 1.29 is 41.5 Å². The normalized spacial score (nSPS) is 22.7. The van der Waals surface area contributed by atoms with Gasteiger partial charge in [0.1, 0.15) is 17.7 Å². The number of nitrogens with one attached hydrogen (secondary N) is 1. The van der Waals surface area contributed by atoms with E-state index in [1.54, 1.807) is 5.48 Å². The monoisotopic (exact) mass is 529 g/mol. The number of sulfonamides is 1. The lowest BCUT2D eigenvalue weighted by atomic mass is 9.79. The van der Waals surface area contributed by atoms with E-state index in [2.05, 4.69) is 0 Å². The third-order valence-electron chi connectivity index (χ3n) is 7.03. The van der Waals surface area contributed by atoms with Crippen molar-refractivity contribution in [2.45, 2.75) is 31.8 Å². The molecule has 3 aliphatic heterocycles. The van der Waals surface area contributed by atoms with E-state index in [0.29, 0.717) is 25.2 Å². The molecule has 0 bridgehead atoms. The number of ether oxygens (including phenoxy) is 2. The number of hydrogen-bond donors (Lipinski definition) is 2. The number of piperidine rings is 1. The highest BCUT2D eigenvalue weighted by Gasteiger charge is 2.47. The summed E-state index contributed by atoms with van der Waals surface area (Å²) in [4.78, 5) is 26.5. The summed E-state index contributed by atoms with van der Waals surface area (Å²) >= 11 is 0. The molecular weight excluding hydrogens is 500 g/mol. The van der Waals surface area contributed by atoms with E-state index in [4.69, 9.17) is 9.47 Å². The topological polar surface area (TPSA) is 125 Å². The van der Waals surface area contributed by atoms with Gasteiger partial charge in [-0.15, -0.1) is 0 Å². The zero-order chi connectivity index (χ0) is 25.9. The number of carbonyl (C=O) groups is 2. The highest BCUT2D eigenvalue weighted by Crippen LogP contribution is 2.36.